The average molecular weight is 809 g/mol. The Morgan fingerprint density at radius 1 is 0.466 bits per heavy atom. The number of benzene rings is 4. The Balaban J connectivity index is 0.00000740. The molecule has 5 aliphatic rings. The zero-order valence-electron chi connectivity index (χ0n) is 50.9. The molecule has 1 aromatic heterocycles. The number of fused-ring (bicyclic) bond motifs is 9. The molecule has 0 fully saturated rings. The number of hydrogen-bond donors (Lipinski definition) is 0. The molecule has 10 rings (SSSR count). The van der Waals surface area contributed by atoms with Crippen molar-refractivity contribution in [1.29, 1.82) is 0 Å². The minimum atomic E-state index is -0.704. The molecule has 5 aromatic rings. The van der Waals surface area contributed by atoms with Crippen LogP contribution < -0.4 is 15.7 Å². The smallest absolute Gasteiger partial charge is 0.657 e. The summed E-state index contributed by atoms with van der Waals surface area (Å²) in [6.45, 7) is 5.92. The Kier molecular flexibility index (Phi) is 5.37. The largest absolute Gasteiger partial charge is 2.00 e. The second-order valence-corrected chi connectivity index (χ2v) is 14.2. The van der Waals surface area contributed by atoms with Crippen LogP contribution in [0.4, 0.5) is 0 Å². The second-order valence-electron chi connectivity index (χ2n) is 14.2. The molecule has 4 heteroatoms. The topological polar surface area (TPSA) is 38.8 Å². The molecule has 280 valence electrons. The first-order chi connectivity index (χ1) is 36.2. The van der Waals surface area contributed by atoms with Gasteiger partial charge in [0.2, 0.25) is 0 Å². The molecule has 8 bridgehead atoms. The van der Waals surface area contributed by atoms with Crippen LogP contribution in [0.15, 0.2) is 203 Å². The fraction of sp³-hybridized carbons (Fsp3) is 0.0741. The van der Waals surface area contributed by atoms with Gasteiger partial charge in [-0.1, -0.05) is 189 Å². The molecule has 0 unspecified atom stereocenters. The second kappa shape index (κ2) is 15.0. The van der Waals surface area contributed by atoms with E-state index in [0.29, 0.717) is 11.1 Å². The summed E-state index contributed by atoms with van der Waals surface area (Å²) in [6, 6.07) is -0.259. The van der Waals surface area contributed by atoms with Crippen molar-refractivity contribution in [1.82, 2.24) is 4.98 Å². The molecule has 0 spiro atoms. The number of aromatic nitrogens is 1. The van der Waals surface area contributed by atoms with Crippen molar-refractivity contribution in [2.45, 2.75) is 26.2 Å². The molecule has 4 heterocycles. The van der Waals surface area contributed by atoms with Gasteiger partial charge in [0.25, 0.3) is 0 Å². The van der Waals surface area contributed by atoms with E-state index in [1.54, 1.807) is 12.1 Å². The summed E-state index contributed by atoms with van der Waals surface area (Å²) in [5.74, 6) is 0. The molecule has 3 aliphatic heterocycles. The summed E-state index contributed by atoms with van der Waals surface area (Å²) in [4.78, 5) is 15.0. The van der Waals surface area contributed by atoms with E-state index in [9.17, 15) is 11.0 Å². The third-order valence-electron chi connectivity index (χ3n) is 9.76. The monoisotopic (exact) mass is 807 g/mol. The van der Waals surface area contributed by atoms with Gasteiger partial charge in [-0.2, -0.15) is 0 Å². The summed E-state index contributed by atoms with van der Waals surface area (Å²) < 4.78 is 179. The van der Waals surface area contributed by atoms with Crippen LogP contribution in [0.1, 0.15) is 87.1 Å². The van der Waals surface area contributed by atoms with Gasteiger partial charge in [-0.05, 0) is 68.7 Å². The van der Waals surface area contributed by atoms with Gasteiger partial charge < -0.3 is 4.98 Å². The fourth-order valence-corrected chi connectivity index (χ4v) is 7.13. The Morgan fingerprint density at radius 2 is 0.828 bits per heavy atom. The van der Waals surface area contributed by atoms with Gasteiger partial charge in [-0.3, -0.25) is 9.98 Å². The predicted molar refractivity (Wildman–Crippen MR) is 236 cm³/mol. The maximum Gasteiger partial charge on any atom is 2.00 e. The van der Waals surface area contributed by atoms with E-state index in [2.05, 4.69) is 6.07 Å². The Bertz CT molecular complexity index is 3820. The predicted octanol–water partition coefficient (Wildman–Crippen LogP) is 10.5. The van der Waals surface area contributed by atoms with Crippen molar-refractivity contribution >= 4 is 33.7 Å². The summed E-state index contributed by atoms with van der Waals surface area (Å²) in [7, 11) is 0. The van der Waals surface area contributed by atoms with E-state index < -0.39 is 126 Å². The van der Waals surface area contributed by atoms with E-state index in [-0.39, 0.29) is 106 Å². The average Bonchev–Trinajstić information content (AvgIpc) is 4.38. The van der Waals surface area contributed by atoms with Crippen molar-refractivity contribution in [2.24, 2.45) is 9.98 Å². The van der Waals surface area contributed by atoms with Gasteiger partial charge in [-0.15, -0.1) is 39.0 Å². The van der Waals surface area contributed by atoms with Gasteiger partial charge in [0.15, 0.2) is 0 Å². The van der Waals surface area contributed by atoms with Crippen molar-refractivity contribution in [3.63, 3.8) is 0 Å². The van der Waals surface area contributed by atoms with E-state index in [0.717, 1.165) is 5.56 Å². The zero-order chi connectivity index (χ0) is 55.9. The maximum absolute atomic E-state index is 9.39. The van der Waals surface area contributed by atoms with Gasteiger partial charge in [-0.25, -0.2) is 0 Å². The number of hydrogen-bond acceptors (Lipinski definition) is 2. The van der Waals surface area contributed by atoms with Crippen molar-refractivity contribution < 1.29 is 43.9 Å². The maximum atomic E-state index is 9.39. The quantitative estimate of drug-likeness (QED) is 0.129. The molecule has 2 aliphatic carbocycles. The number of rotatable bonds is 4. The van der Waals surface area contributed by atoms with Crippen LogP contribution in [0, 0.1) is 6.07 Å². The first-order valence-electron chi connectivity index (χ1n) is 27.9. The Hall–Kier alpha value is -6.61. The minimum Gasteiger partial charge on any atom is -0.657 e. The van der Waals surface area contributed by atoms with Gasteiger partial charge in [0.1, 0.15) is 0 Å². The molecule has 0 atom stereocenters. The summed E-state index contributed by atoms with van der Waals surface area (Å²) >= 11 is 0. The van der Waals surface area contributed by atoms with E-state index in [1.807, 2.05) is 32.9 Å². The Morgan fingerprint density at radius 3 is 1.19 bits per heavy atom. The van der Waals surface area contributed by atoms with Gasteiger partial charge in [0, 0.05) is 11.4 Å². The number of aliphatic imine (C=N–C) groups is 2. The van der Waals surface area contributed by atoms with Crippen molar-refractivity contribution in [3.8, 4) is 11.1 Å². The minimum absolute atomic E-state index is 0. The van der Waals surface area contributed by atoms with Crippen LogP contribution in [0.25, 0.3) is 33.4 Å². The number of nitrogens with zero attached hydrogens (tertiary/aromatic N) is 3. The third-order valence-corrected chi connectivity index (χ3v) is 9.76. The fourth-order valence-electron chi connectivity index (χ4n) is 7.13. The normalized spacial score (nSPS) is 19.7. The van der Waals surface area contributed by atoms with Crippen molar-refractivity contribution in [3.05, 3.63) is 249 Å². The molecule has 0 amide bonds. The molecule has 0 N–H and O–H groups in total. The molecular weight excluding hydrogens is 749 g/mol. The summed E-state index contributed by atoms with van der Waals surface area (Å²) in [6.07, 6.45) is 5.78. The van der Waals surface area contributed by atoms with Crippen LogP contribution in [-0.2, 0) is 21.9 Å². The van der Waals surface area contributed by atoms with Gasteiger partial charge >= 0.3 is 16.5 Å². The zero-order valence-corrected chi connectivity index (χ0v) is 31.9. The van der Waals surface area contributed by atoms with Gasteiger partial charge in [0.05, 0.1) is 38.8 Å². The van der Waals surface area contributed by atoms with E-state index in [4.69, 9.17) is 31.4 Å². The molecule has 0 radical (unpaired) electrons. The van der Waals surface area contributed by atoms with Crippen molar-refractivity contribution in [2.75, 3.05) is 0 Å². The molecule has 58 heavy (non-hydrogen) atoms. The van der Waals surface area contributed by atoms with Crippen LogP contribution in [-0.4, -0.2) is 11.4 Å². The first-order valence-corrected chi connectivity index (χ1v) is 17.9. The SMILES string of the molecule is [2H]c1c([2H])c([2H])c(C2=C3C=CC(=N3)C(c3c([2H])c([2H])c([2H])c([2H])c3[2H])=c3ccc([n-]3)=C(c3c([2H])c([2H])c([2H])c([2H])c3[2H])C3=NC(=C(c4c([2H])c([2H])c([2H])c([2H])c4[2H])c4[c-]c2c2ccc(C(C)(C)C)ccc4-2)C=C3)c([2H])c1[2H].[Ni+2]. The Labute approximate surface area is 378 Å². The van der Waals surface area contributed by atoms with Crippen LogP contribution >= 0.6 is 0 Å². The van der Waals surface area contributed by atoms with Crippen LogP contribution in [0.5, 0.6) is 0 Å². The van der Waals surface area contributed by atoms with E-state index in [1.165, 1.54) is 36.4 Å². The molecule has 4 aromatic carbocycles. The molecule has 0 saturated heterocycles. The molecule has 0 saturated carbocycles. The standard InChI is InChI=1S/C54H39N3.Ni/c1-54(2,3)39-24-26-40-41(27-25-39)43-34-42(40)50(35-16-8-4-9-17-35)44-28-30-46(55-44)52(37-20-12-6-13-21-37)48-32-33-49(57-48)53(38-22-14-7-15-23-38)47-31-29-45(56-47)51(43)36-18-10-5-11-19-36;/h4-33H,1-3H3;/q-2;+2/i4D,5D,6D,7D,8D,9D,10D,11D,12D,13D,14D,15D,16D,17D,18D,19D,20D,21D,22D,23D;. The summed E-state index contributed by atoms with van der Waals surface area (Å²) in [5.41, 5.74) is -1.12. The van der Waals surface area contributed by atoms with Crippen LogP contribution in [0.3, 0.4) is 0 Å². The molecule has 3 nitrogen and oxygen atoms in total. The first kappa shape index (κ1) is 20.7. The van der Waals surface area contributed by atoms with E-state index >= 15 is 0 Å². The third kappa shape index (κ3) is 6.60. The molecular formula is C54H39N3Ni. The summed E-state index contributed by atoms with van der Waals surface area (Å²) in [5, 5.41) is -0.172. The van der Waals surface area contributed by atoms with Crippen LogP contribution in [0.2, 0.25) is 0 Å². The number of allylic oxidation sites excluding steroid dienone is 4.